The van der Waals surface area contributed by atoms with Gasteiger partial charge in [-0.25, -0.2) is 0 Å². The summed E-state index contributed by atoms with van der Waals surface area (Å²) in [5.74, 6) is 1.16. The zero-order chi connectivity index (χ0) is 16.9. The second-order valence-electron chi connectivity index (χ2n) is 7.00. The first-order valence-electron chi connectivity index (χ1n) is 8.78. The molecule has 1 heteroatoms. The van der Waals surface area contributed by atoms with E-state index in [1.54, 1.807) is 0 Å². The molecule has 1 nitrogen and oxygen atoms in total. The maximum absolute atomic E-state index is 4.07. The Morgan fingerprint density at radius 1 is 0.875 bits per heavy atom. The summed E-state index contributed by atoms with van der Waals surface area (Å²) in [5, 5.41) is 0. The summed E-state index contributed by atoms with van der Waals surface area (Å²) in [6.07, 6.45) is 4.55. The maximum atomic E-state index is 4.07. The molecular weight excluding hydrogens is 290 g/mol. The lowest BCUT2D eigenvalue weighted by atomic mass is 10.1. The quantitative estimate of drug-likeness (QED) is 0.613. The van der Waals surface area contributed by atoms with Gasteiger partial charge in [0.2, 0.25) is 0 Å². The first kappa shape index (κ1) is 16.7. The lowest BCUT2D eigenvalue weighted by Crippen LogP contribution is -2.27. The van der Waals surface area contributed by atoms with Gasteiger partial charge in [0.05, 0.1) is 0 Å². The van der Waals surface area contributed by atoms with Gasteiger partial charge in [0.1, 0.15) is 0 Å². The monoisotopic (exact) mass is 317 g/mol. The fourth-order valence-electron chi connectivity index (χ4n) is 3.62. The summed E-state index contributed by atoms with van der Waals surface area (Å²) in [5.41, 5.74) is 4.15. The number of hydrogen-bond acceptors (Lipinski definition) is 1. The minimum atomic E-state index is 0.554. The predicted molar refractivity (Wildman–Crippen MR) is 103 cm³/mol. The molecule has 3 atom stereocenters. The molecule has 0 radical (unpaired) electrons. The van der Waals surface area contributed by atoms with E-state index < -0.39 is 0 Å². The first-order chi connectivity index (χ1) is 11.7. The highest BCUT2D eigenvalue weighted by Gasteiger charge is 2.49. The van der Waals surface area contributed by atoms with Crippen molar-refractivity contribution in [1.82, 2.24) is 4.90 Å². The van der Waals surface area contributed by atoms with Crippen LogP contribution in [0.1, 0.15) is 25.0 Å². The Bertz CT molecular complexity index is 641. The number of nitrogens with zero attached hydrogens (tertiary/aromatic N) is 1. The SMILES string of the molecule is C=C[C@@H]1[C@@H](C=C(C)C)[C@@H]1N(Cc1ccccc1)Cc1ccccc1. The van der Waals surface area contributed by atoms with Crippen molar-refractivity contribution in [2.24, 2.45) is 11.8 Å². The Morgan fingerprint density at radius 3 is 1.79 bits per heavy atom. The molecule has 0 unspecified atom stereocenters. The summed E-state index contributed by atoms with van der Waals surface area (Å²) in [6, 6.07) is 22.1. The molecule has 1 saturated carbocycles. The summed E-state index contributed by atoms with van der Waals surface area (Å²) in [4.78, 5) is 2.61. The van der Waals surface area contributed by atoms with Crippen molar-refractivity contribution in [2.45, 2.75) is 33.0 Å². The van der Waals surface area contributed by atoms with E-state index in [-0.39, 0.29) is 0 Å². The first-order valence-corrected chi connectivity index (χ1v) is 8.78. The van der Waals surface area contributed by atoms with Crippen LogP contribution in [0.15, 0.2) is 85.0 Å². The van der Waals surface area contributed by atoms with Crippen LogP contribution in [0.2, 0.25) is 0 Å². The van der Waals surface area contributed by atoms with Crippen LogP contribution in [0.25, 0.3) is 0 Å². The molecule has 0 N–H and O–H groups in total. The molecular formula is C23H27N. The van der Waals surface area contributed by atoms with Crippen molar-refractivity contribution >= 4 is 0 Å². The van der Waals surface area contributed by atoms with Crippen molar-refractivity contribution in [2.75, 3.05) is 0 Å². The molecule has 0 spiro atoms. The van der Waals surface area contributed by atoms with Crippen LogP contribution >= 0.6 is 0 Å². The molecule has 0 aliphatic heterocycles. The van der Waals surface area contributed by atoms with Gasteiger partial charge in [-0.1, -0.05) is 78.4 Å². The van der Waals surface area contributed by atoms with Crippen LogP contribution in [-0.4, -0.2) is 10.9 Å². The molecule has 2 aromatic rings. The van der Waals surface area contributed by atoms with Gasteiger partial charge in [-0.05, 0) is 25.0 Å². The fourth-order valence-corrected chi connectivity index (χ4v) is 3.62. The van der Waals surface area contributed by atoms with E-state index in [1.165, 1.54) is 16.7 Å². The Labute approximate surface area is 146 Å². The minimum absolute atomic E-state index is 0.554. The Kier molecular flexibility index (Phi) is 5.32. The molecule has 1 aliphatic rings. The van der Waals surface area contributed by atoms with Crippen LogP contribution in [0.5, 0.6) is 0 Å². The van der Waals surface area contributed by atoms with Crippen molar-refractivity contribution in [1.29, 1.82) is 0 Å². The van der Waals surface area contributed by atoms with Crippen LogP contribution in [0.3, 0.4) is 0 Å². The van der Waals surface area contributed by atoms with Gasteiger partial charge >= 0.3 is 0 Å². The topological polar surface area (TPSA) is 3.24 Å². The van der Waals surface area contributed by atoms with E-state index in [9.17, 15) is 0 Å². The average Bonchev–Trinajstić information content (AvgIpc) is 3.28. The van der Waals surface area contributed by atoms with Crippen LogP contribution < -0.4 is 0 Å². The second kappa shape index (κ2) is 7.63. The average molecular weight is 317 g/mol. The van der Waals surface area contributed by atoms with Crippen LogP contribution in [-0.2, 0) is 13.1 Å². The second-order valence-corrected chi connectivity index (χ2v) is 7.00. The van der Waals surface area contributed by atoms with Crippen molar-refractivity contribution in [3.05, 3.63) is 96.1 Å². The highest BCUT2D eigenvalue weighted by Crippen LogP contribution is 2.46. The standard InChI is InChI=1S/C23H27N/c1-4-21-22(15-18(2)3)23(21)24(16-19-11-7-5-8-12-19)17-20-13-9-6-10-14-20/h4-15,21-23H,1,16-17H2,2-3H3/t21-,22-,23-/m1/s1. The van der Waals surface area contributed by atoms with Crippen LogP contribution in [0, 0.1) is 11.8 Å². The van der Waals surface area contributed by atoms with E-state index in [2.05, 4.69) is 98.1 Å². The highest BCUT2D eigenvalue weighted by atomic mass is 15.2. The van der Waals surface area contributed by atoms with Gasteiger partial charge in [-0.3, -0.25) is 4.90 Å². The predicted octanol–water partition coefficient (Wildman–Crippen LogP) is 5.46. The molecule has 1 aliphatic carbocycles. The van der Waals surface area contributed by atoms with E-state index in [4.69, 9.17) is 0 Å². The molecule has 0 bridgehead atoms. The van der Waals surface area contributed by atoms with E-state index in [0.29, 0.717) is 17.9 Å². The van der Waals surface area contributed by atoms with Gasteiger partial charge in [-0.15, -0.1) is 6.58 Å². The normalized spacial score (nSPS) is 22.2. The summed E-state index contributed by atoms with van der Waals surface area (Å²) in [7, 11) is 0. The lowest BCUT2D eigenvalue weighted by molar-refractivity contribution is 0.233. The van der Waals surface area contributed by atoms with Gasteiger partial charge in [-0.2, -0.15) is 0 Å². The van der Waals surface area contributed by atoms with Crippen LogP contribution in [0.4, 0.5) is 0 Å². The molecule has 2 aromatic carbocycles. The Hall–Kier alpha value is -2.12. The molecule has 0 saturated heterocycles. The van der Waals surface area contributed by atoms with E-state index in [0.717, 1.165) is 13.1 Å². The number of rotatable bonds is 7. The summed E-state index contributed by atoms with van der Waals surface area (Å²) in [6.45, 7) is 10.4. The van der Waals surface area contributed by atoms with Gasteiger partial charge in [0, 0.05) is 31.0 Å². The zero-order valence-electron chi connectivity index (χ0n) is 14.7. The number of benzene rings is 2. The third-order valence-electron chi connectivity index (χ3n) is 4.77. The summed E-state index contributed by atoms with van der Waals surface area (Å²) >= 11 is 0. The lowest BCUT2D eigenvalue weighted by Gasteiger charge is -2.23. The number of allylic oxidation sites excluding steroid dienone is 1. The third-order valence-corrected chi connectivity index (χ3v) is 4.77. The van der Waals surface area contributed by atoms with Crippen molar-refractivity contribution in [3.63, 3.8) is 0 Å². The van der Waals surface area contributed by atoms with E-state index >= 15 is 0 Å². The Morgan fingerprint density at radius 2 is 1.38 bits per heavy atom. The highest BCUT2D eigenvalue weighted by molar-refractivity contribution is 5.24. The van der Waals surface area contributed by atoms with Gasteiger partial charge in [0.15, 0.2) is 0 Å². The molecule has 0 aromatic heterocycles. The minimum Gasteiger partial charge on any atom is -0.291 e. The van der Waals surface area contributed by atoms with Crippen molar-refractivity contribution in [3.8, 4) is 0 Å². The molecule has 0 amide bonds. The van der Waals surface area contributed by atoms with Gasteiger partial charge in [0.25, 0.3) is 0 Å². The molecule has 124 valence electrons. The smallest absolute Gasteiger partial charge is 0.0240 e. The largest absolute Gasteiger partial charge is 0.291 e. The van der Waals surface area contributed by atoms with Gasteiger partial charge < -0.3 is 0 Å². The molecule has 24 heavy (non-hydrogen) atoms. The molecule has 1 fully saturated rings. The van der Waals surface area contributed by atoms with Crippen molar-refractivity contribution < 1.29 is 0 Å². The molecule has 0 heterocycles. The third kappa shape index (κ3) is 4.04. The summed E-state index contributed by atoms with van der Waals surface area (Å²) < 4.78 is 0. The number of hydrogen-bond donors (Lipinski definition) is 0. The Balaban J connectivity index is 1.82. The molecule has 3 rings (SSSR count). The van der Waals surface area contributed by atoms with E-state index in [1.807, 2.05) is 0 Å². The zero-order valence-corrected chi connectivity index (χ0v) is 14.7. The maximum Gasteiger partial charge on any atom is 0.0240 e. The fraction of sp³-hybridized carbons (Fsp3) is 0.304.